The molecule has 1 saturated heterocycles. The Kier molecular flexibility index (Phi) is 6.09. The molecule has 1 rings (SSSR count). The van der Waals surface area contributed by atoms with E-state index in [0.717, 1.165) is 19.0 Å². The summed E-state index contributed by atoms with van der Waals surface area (Å²) in [6.07, 6.45) is 3.22. The highest BCUT2D eigenvalue weighted by atomic mass is 16.4. The Morgan fingerprint density at radius 3 is 2.67 bits per heavy atom. The Hall–Kier alpha value is -0.610. The van der Waals surface area contributed by atoms with Crippen molar-refractivity contribution in [2.24, 2.45) is 5.92 Å². The second-order valence-corrected chi connectivity index (χ2v) is 5.90. The van der Waals surface area contributed by atoms with Gasteiger partial charge >= 0.3 is 5.97 Å². The fourth-order valence-corrected chi connectivity index (χ4v) is 2.71. The van der Waals surface area contributed by atoms with E-state index in [2.05, 4.69) is 24.1 Å². The molecule has 1 heterocycles. The fraction of sp³-hybridized carbons (Fsp3) is 0.929. The minimum absolute atomic E-state index is 0.212. The lowest BCUT2D eigenvalue weighted by atomic mass is 9.92. The predicted molar refractivity (Wildman–Crippen MR) is 73.7 cm³/mol. The van der Waals surface area contributed by atoms with E-state index in [0.29, 0.717) is 12.5 Å². The number of hydrogen-bond acceptors (Lipinski definition) is 3. The quantitative estimate of drug-likeness (QED) is 0.762. The van der Waals surface area contributed by atoms with E-state index < -0.39 is 12.0 Å². The van der Waals surface area contributed by atoms with Gasteiger partial charge in [0.1, 0.15) is 6.04 Å². The summed E-state index contributed by atoms with van der Waals surface area (Å²) < 4.78 is 0. The van der Waals surface area contributed by atoms with Crippen LogP contribution in [0, 0.1) is 5.92 Å². The van der Waals surface area contributed by atoms with Crippen molar-refractivity contribution in [3.63, 3.8) is 0 Å². The third kappa shape index (κ3) is 4.58. The van der Waals surface area contributed by atoms with Gasteiger partial charge in [0, 0.05) is 18.6 Å². The molecule has 3 atom stereocenters. The molecule has 0 bridgehead atoms. The summed E-state index contributed by atoms with van der Waals surface area (Å²) in [7, 11) is 0. The fourth-order valence-electron chi connectivity index (χ4n) is 2.71. The highest BCUT2D eigenvalue weighted by molar-refractivity contribution is 5.73. The number of nitrogens with one attached hydrogen (secondary N) is 1. The van der Waals surface area contributed by atoms with Crippen LogP contribution in [0.4, 0.5) is 0 Å². The number of piperidine rings is 1. The SMILES string of the molecule is CC(C)NC(CCN1CCCC(C)C1C)C(=O)O. The van der Waals surface area contributed by atoms with Crippen molar-refractivity contribution in [2.75, 3.05) is 13.1 Å². The lowest BCUT2D eigenvalue weighted by Gasteiger charge is -2.38. The van der Waals surface area contributed by atoms with E-state index in [-0.39, 0.29) is 6.04 Å². The number of carbonyl (C=O) groups is 1. The van der Waals surface area contributed by atoms with Gasteiger partial charge in [-0.2, -0.15) is 0 Å². The van der Waals surface area contributed by atoms with Gasteiger partial charge in [0.15, 0.2) is 0 Å². The summed E-state index contributed by atoms with van der Waals surface area (Å²) in [6.45, 7) is 10.5. The zero-order valence-electron chi connectivity index (χ0n) is 12.1. The molecule has 0 aromatic heterocycles. The minimum atomic E-state index is -0.735. The molecule has 106 valence electrons. The first-order valence-corrected chi connectivity index (χ1v) is 7.14. The van der Waals surface area contributed by atoms with Crippen molar-refractivity contribution in [1.82, 2.24) is 10.2 Å². The monoisotopic (exact) mass is 256 g/mol. The number of rotatable bonds is 6. The van der Waals surface area contributed by atoms with E-state index in [1.54, 1.807) is 0 Å². The lowest BCUT2D eigenvalue weighted by molar-refractivity contribution is -0.140. The van der Waals surface area contributed by atoms with Crippen LogP contribution in [0.25, 0.3) is 0 Å². The van der Waals surface area contributed by atoms with Crippen molar-refractivity contribution in [3.8, 4) is 0 Å². The molecule has 0 saturated carbocycles. The summed E-state index contributed by atoms with van der Waals surface area (Å²) >= 11 is 0. The average molecular weight is 256 g/mol. The van der Waals surface area contributed by atoms with Crippen molar-refractivity contribution in [1.29, 1.82) is 0 Å². The van der Waals surface area contributed by atoms with Crippen molar-refractivity contribution >= 4 is 5.97 Å². The molecule has 0 spiro atoms. The maximum Gasteiger partial charge on any atom is 0.320 e. The van der Waals surface area contributed by atoms with Gasteiger partial charge in [0.05, 0.1) is 0 Å². The van der Waals surface area contributed by atoms with Crippen LogP contribution < -0.4 is 5.32 Å². The van der Waals surface area contributed by atoms with Gasteiger partial charge in [0.25, 0.3) is 0 Å². The summed E-state index contributed by atoms with van der Waals surface area (Å²) in [5.41, 5.74) is 0. The van der Waals surface area contributed by atoms with E-state index in [9.17, 15) is 9.90 Å². The van der Waals surface area contributed by atoms with Crippen LogP contribution in [-0.4, -0.2) is 47.2 Å². The van der Waals surface area contributed by atoms with Crippen LogP contribution in [-0.2, 0) is 4.79 Å². The third-order valence-corrected chi connectivity index (χ3v) is 4.04. The topological polar surface area (TPSA) is 52.6 Å². The van der Waals surface area contributed by atoms with Crippen molar-refractivity contribution in [3.05, 3.63) is 0 Å². The first-order chi connectivity index (χ1) is 8.41. The molecule has 1 fully saturated rings. The first-order valence-electron chi connectivity index (χ1n) is 7.14. The van der Waals surface area contributed by atoms with Gasteiger partial charge in [-0.1, -0.05) is 20.8 Å². The van der Waals surface area contributed by atoms with Crippen LogP contribution in [0.1, 0.15) is 47.0 Å². The number of nitrogens with zero attached hydrogens (tertiary/aromatic N) is 1. The van der Waals surface area contributed by atoms with E-state index >= 15 is 0 Å². The molecule has 2 N–H and O–H groups in total. The van der Waals surface area contributed by atoms with E-state index in [1.807, 2.05) is 13.8 Å². The smallest absolute Gasteiger partial charge is 0.320 e. The molecule has 0 aromatic rings. The first kappa shape index (κ1) is 15.4. The number of carboxylic acids is 1. The minimum Gasteiger partial charge on any atom is -0.480 e. The Morgan fingerprint density at radius 1 is 1.44 bits per heavy atom. The van der Waals surface area contributed by atoms with Crippen LogP contribution in [0.3, 0.4) is 0 Å². The number of carboxylic acid groups (broad SMARTS) is 1. The Bertz CT molecular complexity index is 269. The Morgan fingerprint density at radius 2 is 2.11 bits per heavy atom. The zero-order valence-corrected chi connectivity index (χ0v) is 12.1. The van der Waals surface area contributed by atoms with Crippen LogP contribution in [0.5, 0.6) is 0 Å². The molecule has 4 nitrogen and oxygen atoms in total. The summed E-state index contributed by atoms with van der Waals surface area (Å²) in [6, 6.07) is 0.366. The lowest BCUT2D eigenvalue weighted by Crippen LogP contribution is -2.47. The molecule has 0 aliphatic carbocycles. The highest BCUT2D eigenvalue weighted by Gasteiger charge is 2.26. The standard InChI is InChI=1S/C14H28N2O2/c1-10(2)15-13(14(17)18)7-9-16-8-5-6-11(3)12(16)4/h10-13,15H,5-9H2,1-4H3,(H,17,18). The largest absolute Gasteiger partial charge is 0.480 e. The molecule has 0 radical (unpaired) electrons. The summed E-state index contributed by atoms with van der Waals surface area (Å²) in [4.78, 5) is 13.6. The molecule has 4 heteroatoms. The van der Waals surface area contributed by atoms with E-state index in [1.165, 1.54) is 12.8 Å². The highest BCUT2D eigenvalue weighted by Crippen LogP contribution is 2.22. The second-order valence-electron chi connectivity index (χ2n) is 5.90. The van der Waals surface area contributed by atoms with Crippen LogP contribution in [0.2, 0.25) is 0 Å². The van der Waals surface area contributed by atoms with Gasteiger partial charge in [-0.3, -0.25) is 4.79 Å². The normalized spacial score (nSPS) is 27.4. The van der Waals surface area contributed by atoms with Gasteiger partial charge < -0.3 is 15.3 Å². The molecule has 3 unspecified atom stereocenters. The predicted octanol–water partition coefficient (Wildman–Crippen LogP) is 1.95. The number of hydrogen-bond donors (Lipinski definition) is 2. The molecule has 0 aromatic carbocycles. The van der Waals surface area contributed by atoms with Gasteiger partial charge in [0.2, 0.25) is 0 Å². The molecule has 0 amide bonds. The van der Waals surface area contributed by atoms with Gasteiger partial charge in [-0.25, -0.2) is 0 Å². The second kappa shape index (κ2) is 7.10. The van der Waals surface area contributed by atoms with Crippen molar-refractivity contribution in [2.45, 2.75) is 65.1 Å². The van der Waals surface area contributed by atoms with E-state index in [4.69, 9.17) is 0 Å². The molecule has 1 aliphatic heterocycles. The molecule has 18 heavy (non-hydrogen) atoms. The van der Waals surface area contributed by atoms with Crippen LogP contribution in [0.15, 0.2) is 0 Å². The number of aliphatic carboxylic acids is 1. The maximum atomic E-state index is 11.2. The third-order valence-electron chi connectivity index (χ3n) is 4.04. The van der Waals surface area contributed by atoms with Crippen molar-refractivity contribution < 1.29 is 9.90 Å². The summed E-state index contributed by atoms with van der Waals surface area (Å²) in [5, 5.41) is 12.3. The van der Waals surface area contributed by atoms with Gasteiger partial charge in [-0.05, 0) is 38.6 Å². The van der Waals surface area contributed by atoms with Crippen LogP contribution >= 0.6 is 0 Å². The summed E-state index contributed by atoms with van der Waals surface area (Å²) in [5.74, 6) is -0.0125. The molecular formula is C14H28N2O2. The molecule has 1 aliphatic rings. The number of likely N-dealkylation sites (tertiary alicyclic amines) is 1. The maximum absolute atomic E-state index is 11.2. The van der Waals surface area contributed by atoms with Gasteiger partial charge in [-0.15, -0.1) is 0 Å². The Balaban J connectivity index is 2.43. The average Bonchev–Trinajstić information content (AvgIpc) is 2.28. The molecular weight excluding hydrogens is 228 g/mol. The zero-order chi connectivity index (χ0) is 13.7. The Labute approximate surface area is 111 Å².